The number of aliphatic hydroxyl groups excluding tert-OH is 1. The van der Waals surface area contributed by atoms with Crippen LogP contribution in [0.15, 0.2) is 53.7 Å². The Morgan fingerprint density at radius 1 is 1.24 bits per heavy atom. The van der Waals surface area contributed by atoms with Gasteiger partial charge in [-0.25, -0.2) is 8.42 Å². The van der Waals surface area contributed by atoms with Crippen molar-refractivity contribution in [2.75, 3.05) is 4.72 Å². The van der Waals surface area contributed by atoms with Crippen molar-refractivity contribution in [1.29, 1.82) is 0 Å². The van der Waals surface area contributed by atoms with Crippen LogP contribution in [0.25, 0.3) is 10.1 Å². The summed E-state index contributed by atoms with van der Waals surface area (Å²) in [5.74, 6) is 0. The summed E-state index contributed by atoms with van der Waals surface area (Å²) in [4.78, 5) is 3.94. The van der Waals surface area contributed by atoms with Crippen LogP contribution in [0.1, 0.15) is 5.56 Å². The second-order valence-electron chi connectivity index (χ2n) is 4.44. The van der Waals surface area contributed by atoms with Gasteiger partial charge in [-0.05, 0) is 35.2 Å². The molecule has 0 aliphatic heterocycles. The van der Waals surface area contributed by atoms with Crippen LogP contribution in [0.3, 0.4) is 0 Å². The van der Waals surface area contributed by atoms with Crippen molar-refractivity contribution in [2.45, 2.75) is 11.5 Å². The summed E-state index contributed by atoms with van der Waals surface area (Å²) < 4.78 is 27.9. The average Bonchev–Trinajstić information content (AvgIpc) is 2.88. The van der Waals surface area contributed by atoms with Crippen LogP contribution in [0.5, 0.6) is 0 Å². The molecule has 0 atom stereocenters. The first kappa shape index (κ1) is 14.0. The Balaban J connectivity index is 1.95. The molecule has 1 aromatic carbocycles. The van der Waals surface area contributed by atoms with E-state index in [1.807, 2.05) is 18.2 Å². The van der Waals surface area contributed by atoms with Gasteiger partial charge in [0.05, 0.1) is 6.61 Å². The number of sulfonamides is 1. The quantitative estimate of drug-likeness (QED) is 0.774. The number of nitrogens with one attached hydrogen (secondary N) is 1. The molecule has 3 rings (SSSR count). The van der Waals surface area contributed by atoms with Crippen LogP contribution >= 0.6 is 11.3 Å². The van der Waals surface area contributed by atoms with E-state index in [9.17, 15) is 8.42 Å². The molecule has 0 bridgehead atoms. The van der Waals surface area contributed by atoms with Crippen molar-refractivity contribution < 1.29 is 13.5 Å². The smallest absolute Gasteiger partial charge is 0.264 e. The second-order valence-corrected chi connectivity index (χ2v) is 7.20. The van der Waals surface area contributed by atoms with Gasteiger partial charge < -0.3 is 5.11 Å². The summed E-state index contributed by atoms with van der Waals surface area (Å²) in [5, 5.41) is 10.6. The van der Waals surface area contributed by atoms with Gasteiger partial charge in [-0.3, -0.25) is 9.71 Å². The maximum Gasteiger partial charge on any atom is 0.264 e. The number of aliphatic hydroxyl groups is 1. The average molecular weight is 320 g/mol. The first-order valence-corrected chi connectivity index (χ1v) is 8.45. The lowest BCUT2D eigenvalue weighted by atomic mass is 10.2. The Morgan fingerprint density at radius 2 is 2.10 bits per heavy atom. The summed E-state index contributed by atoms with van der Waals surface area (Å²) in [6.45, 7) is -0.0371. The highest BCUT2D eigenvalue weighted by atomic mass is 32.2. The van der Waals surface area contributed by atoms with E-state index >= 15 is 0 Å². The number of benzene rings is 1. The standard InChI is InChI=1S/C14H12N2O3S2/c17-9-10-3-4-11-7-14(20-13(11)6-10)16-21(18,19)12-2-1-5-15-8-12/h1-8,16-17H,9H2. The largest absolute Gasteiger partial charge is 0.392 e. The van der Waals surface area contributed by atoms with Gasteiger partial charge in [0.15, 0.2) is 0 Å². The van der Waals surface area contributed by atoms with E-state index in [0.29, 0.717) is 5.00 Å². The number of aromatic nitrogens is 1. The first-order valence-electron chi connectivity index (χ1n) is 6.15. The molecule has 3 aromatic rings. The summed E-state index contributed by atoms with van der Waals surface area (Å²) >= 11 is 1.33. The second kappa shape index (κ2) is 5.44. The van der Waals surface area contributed by atoms with Crippen molar-refractivity contribution in [2.24, 2.45) is 0 Å². The molecule has 0 unspecified atom stereocenters. The topological polar surface area (TPSA) is 79.3 Å². The van der Waals surface area contributed by atoms with E-state index in [4.69, 9.17) is 5.11 Å². The third kappa shape index (κ3) is 2.90. The normalized spacial score (nSPS) is 11.7. The minimum absolute atomic E-state index is 0.0371. The minimum atomic E-state index is -3.63. The van der Waals surface area contributed by atoms with Crippen molar-refractivity contribution >= 4 is 36.4 Å². The fourth-order valence-corrected chi connectivity index (χ4v) is 4.19. The van der Waals surface area contributed by atoms with Crippen molar-refractivity contribution in [3.05, 3.63) is 54.4 Å². The van der Waals surface area contributed by atoms with E-state index in [1.54, 1.807) is 12.1 Å². The minimum Gasteiger partial charge on any atom is -0.392 e. The molecule has 5 nitrogen and oxygen atoms in total. The predicted octanol–water partition coefficient (Wildman–Crippen LogP) is 2.59. The van der Waals surface area contributed by atoms with E-state index in [2.05, 4.69) is 9.71 Å². The lowest BCUT2D eigenvalue weighted by molar-refractivity contribution is 0.282. The molecule has 21 heavy (non-hydrogen) atoms. The number of nitrogens with zero attached hydrogens (tertiary/aromatic N) is 1. The molecule has 0 amide bonds. The van der Waals surface area contributed by atoms with E-state index in [1.165, 1.54) is 29.8 Å². The van der Waals surface area contributed by atoms with Gasteiger partial charge in [-0.2, -0.15) is 0 Å². The van der Waals surface area contributed by atoms with Crippen molar-refractivity contribution in [3.63, 3.8) is 0 Å². The predicted molar refractivity (Wildman–Crippen MR) is 82.8 cm³/mol. The lowest BCUT2D eigenvalue weighted by Crippen LogP contribution is -2.11. The fourth-order valence-electron chi connectivity index (χ4n) is 1.92. The molecule has 0 saturated carbocycles. The summed E-state index contributed by atoms with van der Waals surface area (Å²) in [6, 6.07) is 10.4. The van der Waals surface area contributed by atoms with Gasteiger partial charge in [0.1, 0.15) is 9.90 Å². The van der Waals surface area contributed by atoms with Crippen LogP contribution in [-0.4, -0.2) is 18.5 Å². The van der Waals surface area contributed by atoms with Gasteiger partial charge >= 0.3 is 0 Å². The molecule has 0 fully saturated rings. The monoisotopic (exact) mass is 320 g/mol. The SMILES string of the molecule is O=S(=O)(Nc1cc2ccc(CO)cc2s1)c1cccnc1. The number of pyridine rings is 1. The third-order valence-corrected chi connectivity index (χ3v) is 5.44. The van der Waals surface area contributed by atoms with Crippen molar-refractivity contribution in [3.8, 4) is 0 Å². The maximum atomic E-state index is 12.2. The number of anilines is 1. The van der Waals surface area contributed by atoms with Gasteiger partial charge in [0.2, 0.25) is 0 Å². The van der Waals surface area contributed by atoms with Crippen LogP contribution < -0.4 is 4.72 Å². The molecule has 7 heteroatoms. The first-order chi connectivity index (χ1) is 10.1. The fraction of sp³-hybridized carbons (Fsp3) is 0.0714. The molecule has 0 aliphatic carbocycles. The van der Waals surface area contributed by atoms with E-state index in [0.717, 1.165) is 15.6 Å². The Bertz CT molecular complexity index is 874. The molecule has 0 radical (unpaired) electrons. The van der Waals surface area contributed by atoms with Gasteiger partial charge in [-0.1, -0.05) is 12.1 Å². The number of rotatable bonds is 4. The summed E-state index contributed by atoms with van der Waals surface area (Å²) in [6.07, 6.45) is 2.83. The maximum absolute atomic E-state index is 12.2. The number of hydrogen-bond donors (Lipinski definition) is 2. The zero-order valence-corrected chi connectivity index (χ0v) is 12.5. The lowest BCUT2D eigenvalue weighted by Gasteiger charge is -2.04. The highest BCUT2D eigenvalue weighted by molar-refractivity contribution is 7.93. The number of hydrogen-bond acceptors (Lipinski definition) is 5. The molecular formula is C14H12N2O3S2. The van der Waals surface area contributed by atoms with Crippen molar-refractivity contribution in [1.82, 2.24) is 4.98 Å². The highest BCUT2D eigenvalue weighted by Crippen LogP contribution is 2.31. The summed E-state index contributed by atoms with van der Waals surface area (Å²) in [7, 11) is -3.63. The van der Waals surface area contributed by atoms with Crippen LogP contribution in [0.2, 0.25) is 0 Å². The number of fused-ring (bicyclic) bond motifs is 1. The molecule has 2 N–H and O–H groups in total. The highest BCUT2D eigenvalue weighted by Gasteiger charge is 2.15. The van der Waals surface area contributed by atoms with Gasteiger partial charge in [-0.15, -0.1) is 11.3 Å². The summed E-state index contributed by atoms with van der Waals surface area (Å²) in [5.41, 5.74) is 0.797. The molecule has 0 saturated heterocycles. The number of thiophene rings is 1. The Labute approximate surface area is 125 Å². The van der Waals surface area contributed by atoms with Gasteiger partial charge in [0, 0.05) is 17.1 Å². The molecule has 108 valence electrons. The van der Waals surface area contributed by atoms with E-state index < -0.39 is 10.0 Å². The molecule has 0 spiro atoms. The van der Waals surface area contributed by atoms with Crippen LogP contribution in [-0.2, 0) is 16.6 Å². The van der Waals surface area contributed by atoms with Crippen LogP contribution in [0.4, 0.5) is 5.00 Å². The van der Waals surface area contributed by atoms with Crippen LogP contribution in [0, 0.1) is 0 Å². The Kier molecular flexibility index (Phi) is 3.62. The third-order valence-electron chi connectivity index (χ3n) is 2.95. The zero-order chi connectivity index (χ0) is 14.9. The van der Waals surface area contributed by atoms with Gasteiger partial charge in [0.25, 0.3) is 10.0 Å². The Morgan fingerprint density at radius 3 is 2.81 bits per heavy atom. The zero-order valence-electron chi connectivity index (χ0n) is 10.9. The molecule has 2 aromatic heterocycles. The molecule has 0 aliphatic rings. The van der Waals surface area contributed by atoms with E-state index in [-0.39, 0.29) is 11.5 Å². The molecule has 2 heterocycles. The Hall–Kier alpha value is -1.96. The molecular weight excluding hydrogens is 308 g/mol.